The number of carbonyl (C=O) groups excluding carboxylic acids is 2. The van der Waals surface area contributed by atoms with Crippen molar-refractivity contribution in [2.45, 2.75) is 45.6 Å². The molecule has 0 spiro atoms. The molecular formula is C26H35N3O3. The number of benzene rings is 2. The molecule has 0 aromatic heterocycles. The lowest BCUT2D eigenvalue weighted by molar-refractivity contribution is -0.125. The van der Waals surface area contributed by atoms with Gasteiger partial charge in [-0.15, -0.1) is 0 Å². The fraction of sp³-hybridized carbons (Fsp3) is 0.462. The molecule has 2 aromatic carbocycles. The molecule has 6 nitrogen and oxygen atoms in total. The smallest absolute Gasteiger partial charge is 0.253 e. The SMILES string of the molecule is CCC(C)C(=O)NC1CCN(c2ccccc2C(=O)NCCc2ccccc2OC)CC1. The lowest BCUT2D eigenvalue weighted by atomic mass is 10.0. The van der Waals surface area contributed by atoms with Gasteiger partial charge in [0.25, 0.3) is 5.91 Å². The average molecular weight is 438 g/mol. The zero-order valence-corrected chi connectivity index (χ0v) is 19.4. The lowest BCUT2D eigenvalue weighted by Crippen LogP contribution is -2.46. The van der Waals surface area contributed by atoms with Crippen LogP contribution in [0.3, 0.4) is 0 Å². The number of carbonyl (C=O) groups is 2. The third-order valence-corrected chi connectivity index (χ3v) is 6.26. The van der Waals surface area contributed by atoms with Crippen molar-refractivity contribution >= 4 is 17.5 Å². The Hall–Kier alpha value is -3.02. The largest absolute Gasteiger partial charge is 0.496 e. The summed E-state index contributed by atoms with van der Waals surface area (Å²) in [5.74, 6) is 0.960. The quantitative estimate of drug-likeness (QED) is 0.626. The maximum absolute atomic E-state index is 12.9. The van der Waals surface area contributed by atoms with E-state index in [-0.39, 0.29) is 23.8 Å². The molecule has 0 radical (unpaired) electrons. The molecule has 172 valence electrons. The molecule has 1 saturated heterocycles. The minimum absolute atomic E-state index is 0.0494. The van der Waals surface area contributed by atoms with Gasteiger partial charge < -0.3 is 20.3 Å². The molecular weight excluding hydrogens is 402 g/mol. The van der Waals surface area contributed by atoms with Gasteiger partial charge in [-0.3, -0.25) is 9.59 Å². The molecule has 0 aliphatic carbocycles. The van der Waals surface area contributed by atoms with Crippen LogP contribution in [0.15, 0.2) is 48.5 Å². The second-order valence-electron chi connectivity index (χ2n) is 8.41. The molecule has 0 bridgehead atoms. The standard InChI is InChI=1S/C26H35N3O3/c1-4-19(2)25(30)28-21-14-17-29(18-15-21)23-11-7-6-10-22(23)26(31)27-16-13-20-9-5-8-12-24(20)32-3/h5-12,19,21H,4,13-18H2,1-3H3,(H,27,31)(H,28,30). The monoisotopic (exact) mass is 437 g/mol. The van der Waals surface area contributed by atoms with Crippen molar-refractivity contribution < 1.29 is 14.3 Å². The van der Waals surface area contributed by atoms with Gasteiger partial charge in [0.1, 0.15) is 5.75 Å². The van der Waals surface area contributed by atoms with Gasteiger partial charge in [0.15, 0.2) is 0 Å². The molecule has 1 fully saturated rings. The number of amides is 2. The van der Waals surface area contributed by atoms with Gasteiger partial charge in [-0.05, 0) is 49.4 Å². The van der Waals surface area contributed by atoms with E-state index >= 15 is 0 Å². The van der Waals surface area contributed by atoms with Crippen LogP contribution in [0, 0.1) is 5.92 Å². The van der Waals surface area contributed by atoms with Crippen molar-refractivity contribution in [3.8, 4) is 5.75 Å². The Morgan fingerprint density at radius 1 is 1.09 bits per heavy atom. The van der Waals surface area contributed by atoms with Crippen molar-refractivity contribution in [1.82, 2.24) is 10.6 Å². The van der Waals surface area contributed by atoms with Gasteiger partial charge >= 0.3 is 0 Å². The van der Waals surface area contributed by atoms with E-state index < -0.39 is 0 Å². The van der Waals surface area contributed by atoms with E-state index in [1.807, 2.05) is 62.4 Å². The summed E-state index contributed by atoms with van der Waals surface area (Å²) >= 11 is 0. The molecule has 1 heterocycles. The molecule has 3 rings (SSSR count). The zero-order chi connectivity index (χ0) is 22.9. The van der Waals surface area contributed by atoms with Crippen molar-refractivity contribution in [3.63, 3.8) is 0 Å². The number of nitrogens with one attached hydrogen (secondary N) is 2. The minimum atomic E-state index is -0.0669. The van der Waals surface area contributed by atoms with Crippen LogP contribution in [0.2, 0.25) is 0 Å². The molecule has 6 heteroatoms. The van der Waals surface area contributed by atoms with Crippen LogP contribution in [0.5, 0.6) is 5.75 Å². The number of hydrogen-bond donors (Lipinski definition) is 2. The van der Waals surface area contributed by atoms with Gasteiger partial charge in [0, 0.05) is 37.3 Å². The van der Waals surface area contributed by atoms with Crippen molar-refractivity contribution in [2.24, 2.45) is 5.92 Å². The fourth-order valence-electron chi connectivity index (χ4n) is 4.05. The van der Waals surface area contributed by atoms with E-state index in [1.165, 1.54) is 0 Å². The van der Waals surface area contributed by atoms with Gasteiger partial charge in [-0.2, -0.15) is 0 Å². The number of rotatable bonds is 9. The molecule has 1 unspecified atom stereocenters. The van der Waals surface area contributed by atoms with Crippen LogP contribution >= 0.6 is 0 Å². The summed E-state index contributed by atoms with van der Waals surface area (Å²) in [5.41, 5.74) is 2.72. The minimum Gasteiger partial charge on any atom is -0.496 e. The predicted molar refractivity (Wildman–Crippen MR) is 128 cm³/mol. The van der Waals surface area contributed by atoms with Crippen molar-refractivity contribution in [1.29, 1.82) is 0 Å². The maximum atomic E-state index is 12.9. The van der Waals surface area contributed by atoms with E-state index in [2.05, 4.69) is 15.5 Å². The Morgan fingerprint density at radius 2 is 1.78 bits per heavy atom. The van der Waals surface area contributed by atoms with Crippen LogP contribution in [-0.4, -0.2) is 44.6 Å². The number of anilines is 1. The second-order valence-corrected chi connectivity index (χ2v) is 8.41. The Bertz CT molecular complexity index is 907. The maximum Gasteiger partial charge on any atom is 0.253 e. The number of ether oxygens (including phenoxy) is 1. The normalized spacial score (nSPS) is 15.2. The summed E-state index contributed by atoms with van der Waals surface area (Å²) in [6.45, 7) is 6.17. The highest BCUT2D eigenvalue weighted by Crippen LogP contribution is 2.25. The van der Waals surface area contributed by atoms with Gasteiger partial charge in [0.2, 0.25) is 5.91 Å². The number of nitrogens with zero attached hydrogens (tertiary/aromatic N) is 1. The highest BCUT2D eigenvalue weighted by atomic mass is 16.5. The summed E-state index contributed by atoms with van der Waals surface area (Å²) in [6, 6.07) is 15.8. The molecule has 1 atom stereocenters. The first-order chi connectivity index (χ1) is 15.5. The van der Waals surface area contributed by atoms with Crippen LogP contribution in [0.25, 0.3) is 0 Å². The first-order valence-corrected chi connectivity index (χ1v) is 11.6. The number of para-hydroxylation sites is 2. The highest BCUT2D eigenvalue weighted by Gasteiger charge is 2.24. The summed E-state index contributed by atoms with van der Waals surface area (Å²) in [7, 11) is 1.66. The van der Waals surface area contributed by atoms with Gasteiger partial charge in [-0.1, -0.05) is 44.2 Å². The molecule has 2 N–H and O–H groups in total. The van der Waals surface area contributed by atoms with Crippen LogP contribution in [-0.2, 0) is 11.2 Å². The Balaban J connectivity index is 1.56. The molecule has 0 saturated carbocycles. The van der Waals surface area contributed by atoms with E-state index in [4.69, 9.17) is 4.74 Å². The number of piperidine rings is 1. The summed E-state index contributed by atoms with van der Waals surface area (Å²) in [6.07, 6.45) is 3.32. The molecule has 1 aliphatic heterocycles. The predicted octanol–water partition coefficient (Wildman–Crippen LogP) is 3.80. The summed E-state index contributed by atoms with van der Waals surface area (Å²) in [5, 5.41) is 6.23. The molecule has 1 aliphatic rings. The van der Waals surface area contributed by atoms with Crippen molar-refractivity contribution in [2.75, 3.05) is 31.6 Å². The summed E-state index contributed by atoms with van der Waals surface area (Å²) < 4.78 is 5.39. The van der Waals surface area contributed by atoms with Gasteiger partial charge in [-0.25, -0.2) is 0 Å². The third kappa shape index (κ3) is 6.02. The average Bonchev–Trinajstić information content (AvgIpc) is 2.84. The highest BCUT2D eigenvalue weighted by molar-refractivity contribution is 5.99. The molecule has 32 heavy (non-hydrogen) atoms. The first-order valence-electron chi connectivity index (χ1n) is 11.6. The van der Waals surface area contributed by atoms with Crippen LogP contribution < -0.4 is 20.3 Å². The van der Waals surface area contributed by atoms with Crippen LogP contribution in [0.1, 0.15) is 49.0 Å². The lowest BCUT2D eigenvalue weighted by Gasteiger charge is -2.35. The Morgan fingerprint density at radius 3 is 2.50 bits per heavy atom. The van der Waals surface area contributed by atoms with Crippen molar-refractivity contribution in [3.05, 3.63) is 59.7 Å². The fourth-order valence-corrected chi connectivity index (χ4v) is 4.05. The Labute approximate surface area is 191 Å². The number of methoxy groups -OCH3 is 1. The number of hydrogen-bond acceptors (Lipinski definition) is 4. The van der Waals surface area contributed by atoms with E-state index in [1.54, 1.807) is 7.11 Å². The van der Waals surface area contributed by atoms with E-state index in [9.17, 15) is 9.59 Å². The third-order valence-electron chi connectivity index (χ3n) is 6.26. The molecule has 2 amide bonds. The first kappa shape index (κ1) is 23.6. The van der Waals surface area contributed by atoms with Gasteiger partial charge in [0.05, 0.1) is 12.7 Å². The zero-order valence-electron chi connectivity index (χ0n) is 19.4. The summed E-state index contributed by atoms with van der Waals surface area (Å²) in [4.78, 5) is 27.4. The second kappa shape index (κ2) is 11.6. The van der Waals surface area contributed by atoms with Crippen LogP contribution in [0.4, 0.5) is 5.69 Å². The topological polar surface area (TPSA) is 70.7 Å². The van der Waals surface area contributed by atoms with E-state index in [0.29, 0.717) is 18.5 Å². The molecule has 2 aromatic rings. The Kier molecular flexibility index (Phi) is 8.54. The van der Waals surface area contributed by atoms with E-state index in [0.717, 1.165) is 49.4 Å².